The molecule has 0 bridgehead atoms. The highest BCUT2D eigenvalue weighted by Crippen LogP contribution is 2.29. The molecule has 0 aromatic heterocycles. The van der Waals surface area contributed by atoms with Crippen molar-refractivity contribution in [2.45, 2.75) is 13.8 Å². The fourth-order valence-corrected chi connectivity index (χ4v) is 2.45. The number of rotatable bonds is 2. The summed E-state index contributed by atoms with van der Waals surface area (Å²) in [6.45, 7) is 3.70. The van der Waals surface area contributed by atoms with E-state index in [0.717, 1.165) is 11.1 Å². The lowest BCUT2D eigenvalue weighted by Gasteiger charge is -2.09. The predicted molar refractivity (Wildman–Crippen MR) is 80.8 cm³/mol. The molecule has 0 aliphatic rings. The molecular formula is C15H11Cl3O. The zero-order chi connectivity index (χ0) is 14.2. The zero-order valence-corrected chi connectivity index (χ0v) is 12.7. The summed E-state index contributed by atoms with van der Waals surface area (Å²) < 4.78 is 0. The topological polar surface area (TPSA) is 17.1 Å². The van der Waals surface area contributed by atoms with Crippen molar-refractivity contribution in [1.29, 1.82) is 0 Å². The van der Waals surface area contributed by atoms with E-state index in [9.17, 15) is 4.79 Å². The molecule has 0 saturated carbocycles. The Morgan fingerprint density at radius 1 is 0.895 bits per heavy atom. The van der Waals surface area contributed by atoms with Crippen LogP contribution < -0.4 is 0 Å². The van der Waals surface area contributed by atoms with Gasteiger partial charge in [0, 0.05) is 16.1 Å². The van der Waals surface area contributed by atoms with Crippen LogP contribution >= 0.6 is 34.8 Å². The number of carbonyl (C=O) groups is 1. The summed E-state index contributed by atoms with van der Waals surface area (Å²) in [6, 6.07) is 8.58. The van der Waals surface area contributed by atoms with Crippen LogP contribution in [-0.2, 0) is 0 Å². The molecule has 0 heterocycles. The Morgan fingerprint density at radius 2 is 1.58 bits per heavy atom. The summed E-state index contributed by atoms with van der Waals surface area (Å²) >= 11 is 18.1. The molecule has 2 aromatic rings. The van der Waals surface area contributed by atoms with Gasteiger partial charge in [-0.3, -0.25) is 4.79 Å². The second-order valence-electron chi connectivity index (χ2n) is 4.35. The number of benzene rings is 2. The molecule has 1 nitrogen and oxygen atoms in total. The highest BCUT2D eigenvalue weighted by molar-refractivity contribution is 6.44. The molecule has 4 heteroatoms. The van der Waals surface area contributed by atoms with Crippen molar-refractivity contribution in [2.24, 2.45) is 0 Å². The number of halogens is 3. The summed E-state index contributed by atoms with van der Waals surface area (Å²) in [5.74, 6) is -0.148. The van der Waals surface area contributed by atoms with E-state index in [1.165, 1.54) is 0 Å². The maximum absolute atomic E-state index is 12.5. The van der Waals surface area contributed by atoms with Crippen molar-refractivity contribution < 1.29 is 4.79 Å². The first-order valence-corrected chi connectivity index (χ1v) is 6.80. The van der Waals surface area contributed by atoms with Crippen LogP contribution in [0.1, 0.15) is 27.0 Å². The highest BCUT2D eigenvalue weighted by atomic mass is 35.5. The molecule has 0 spiro atoms. The van der Waals surface area contributed by atoms with Crippen LogP contribution in [0, 0.1) is 13.8 Å². The van der Waals surface area contributed by atoms with Crippen LogP contribution in [0.5, 0.6) is 0 Å². The Hall–Kier alpha value is -1.02. The molecule has 0 aliphatic carbocycles. The minimum atomic E-state index is -0.148. The second-order valence-corrected chi connectivity index (χ2v) is 5.54. The first kappa shape index (κ1) is 14.4. The van der Waals surface area contributed by atoms with E-state index in [-0.39, 0.29) is 10.8 Å². The van der Waals surface area contributed by atoms with E-state index < -0.39 is 0 Å². The molecule has 2 rings (SSSR count). The predicted octanol–water partition coefficient (Wildman–Crippen LogP) is 5.49. The van der Waals surface area contributed by atoms with Crippen molar-refractivity contribution in [3.63, 3.8) is 0 Å². The minimum Gasteiger partial charge on any atom is -0.289 e. The number of hydrogen-bond donors (Lipinski definition) is 0. The lowest BCUT2D eigenvalue weighted by atomic mass is 9.97. The van der Waals surface area contributed by atoms with E-state index >= 15 is 0 Å². The van der Waals surface area contributed by atoms with Gasteiger partial charge in [0.1, 0.15) is 0 Å². The van der Waals surface area contributed by atoms with Gasteiger partial charge in [-0.2, -0.15) is 0 Å². The summed E-state index contributed by atoms with van der Waals surface area (Å²) in [7, 11) is 0. The van der Waals surface area contributed by atoms with Gasteiger partial charge in [0.25, 0.3) is 0 Å². The Labute approximate surface area is 127 Å². The van der Waals surface area contributed by atoms with Gasteiger partial charge in [-0.05, 0) is 49.2 Å². The summed E-state index contributed by atoms with van der Waals surface area (Å²) in [4.78, 5) is 12.5. The van der Waals surface area contributed by atoms with Crippen molar-refractivity contribution in [3.8, 4) is 0 Å². The van der Waals surface area contributed by atoms with Gasteiger partial charge in [0.15, 0.2) is 5.78 Å². The van der Waals surface area contributed by atoms with Gasteiger partial charge in [-0.25, -0.2) is 0 Å². The maximum Gasteiger partial charge on any atom is 0.194 e. The van der Waals surface area contributed by atoms with Crippen molar-refractivity contribution >= 4 is 40.6 Å². The third kappa shape index (κ3) is 2.79. The lowest BCUT2D eigenvalue weighted by Crippen LogP contribution is -2.05. The van der Waals surface area contributed by atoms with Gasteiger partial charge in [-0.1, -0.05) is 40.9 Å². The molecule has 0 radical (unpaired) electrons. The van der Waals surface area contributed by atoms with E-state index in [1.54, 1.807) is 30.3 Å². The van der Waals surface area contributed by atoms with E-state index in [4.69, 9.17) is 34.8 Å². The summed E-state index contributed by atoms with van der Waals surface area (Å²) in [5, 5.41) is 1.29. The van der Waals surface area contributed by atoms with Crippen LogP contribution in [0.3, 0.4) is 0 Å². The third-order valence-electron chi connectivity index (χ3n) is 2.95. The average Bonchev–Trinajstić information content (AvgIpc) is 2.36. The Balaban J connectivity index is 2.56. The van der Waals surface area contributed by atoms with Gasteiger partial charge in [-0.15, -0.1) is 0 Å². The van der Waals surface area contributed by atoms with Gasteiger partial charge in [0.05, 0.1) is 10.0 Å². The quantitative estimate of drug-likeness (QED) is 0.670. The molecule has 0 amide bonds. The van der Waals surface area contributed by atoms with Crippen LogP contribution in [0.25, 0.3) is 0 Å². The van der Waals surface area contributed by atoms with Crippen molar-refractivity contribution in [1.82, 2.24) is 0 Å². The third-order valence-corrected chi connectivity index (χ3v) is 4.17. The first-order chi connectivity index (χ1) is 8.91. The number of hydrogen-bond acceptors (Lipinski definition) is 1. The molecule has 0 unspecified atom stereocenters. The lowest BCUT2D eigenvalue weighted by molar-refractivity contribution is 0.103. The Bertz CT molecular complexity index is 663. The van der Waals surface area contributed by atoms with Gasteiger partial charge < -0.3 is 0 Å². The molecular weight excluding hydrogens is 303 g/mol. The number of aryl methyl sites for hydroxylation is 2. The fourth-order valence-electron chi connectivity index (χ4n) is 1.85. The molecule has 0 atom stereocenters. The van der Waals surface area contributed by atoms with Crippen LogP contribution in [0.15, 0.2) is 30.3 Å². The molecule has 2 aromatic carbocycles. The van der Waals surface area contributed by atoms with Crippen LogP contribution in [0.2, 0.25) is 15.1 Å². The first-order valence-electron chi connectivity index (χ1n) is 5.67. The largest absolute Gasteiger partial charge is 0.289 e. The molecule has 0 saturated heterocycles. The van der Waals surface area contributed by atoms with E-state index in [2.05, 4.69) is 0 Å². The maximum atomic E-state index is 12.5. The molecule has 19 heavy (non-hydrogen) atoms. The molecule has 98 valence electrons. The SMILES string of the molecule is Cc1cc(C(=O)c2cccc(Cl)c2Cl)c(C)cc1Cl. The number of ketones is 1. The van der Waals surface area contributed by atoms with Crippen molar-refractivity contribution in [3.05, 3.63) is 67.7 Å². The van der Waals surface area contributed by atoms with Gasteiger partial charge >= 0.3 is 0 Å². The van der Waals surface area contributed by atoms with Crippen LogP contribution in [0.4, 0.5) is 0 Å². The summed E-state index contributed by atoms with van der Waals surface area (Å²) in [5.41, 5.74) is 2.66. The Morgan fingerprint density at radius 3 is 2.26 bits per heavy atom. The monoisotopic (exact) mass is 312 g/mol. The van der Waals surface area contributed by atoms with E-state index in [1.807, 2.05) is 13.8 Å². The average molecular weight is 314 g/mol. The Kier molecular flexibility index (Phi) is 4.19. The highest BCUT2D eigenvalue weighted by Gasteiger charge is 2.17. The number of carbonyl (C=O) groups excluding carboxylic acids is 1. The second kappa shape index (κ2) is 5.54. The van der Waals surface area contributed by atoms with Crippen LogP contribution in [-0.4, -0.2) is 5.78 Å². The minimum absolute atomic E-state index is 0.148. The fraction of sp³-hybridized carbons (Fsp3) is 0.133. The smallest absolute Gasteiger partial charge is 0.194 e. The zero-order valence-electron chi connectivity index (χ0n) is 10.4. The van der Waals surface area contributed by atoms with Gasteiger partial charge in [0.2, 0.25) is 0 Å². The molecule has 0 aliphatic heterocycles. The van der Waals surface area contributed by atoms with E-state index in [0.29, 0.717) is 21.2 Å². The standard InChI is InChI=1S/C15H11Cl3O/c1-8-7-13(17)9(2)6-11(8)15(19)10-4-3-5-12(16)14(10)18/h3-7H,1-2H3. The molecule has 0 N–H and O–H groups in total. The normalized spacial score (nSPS) is 10.6. The summed E-state index contributed by atoms with van der Waals surface area (Å²) in [6.07, 6.45) is 0. The van der Waals surface area contributed by atoms with Crippen molar-refractivity contribution in [2.75, 3.05) is 0 Å². The molecule has 0 fully saturated rings.